The molecule has 1 aliphatic carbocycles. The van der Waals surface area contributed by atoms with Crippen molar-refractivity contribution in [3.05, 3.63) is 51.9 Å². The van der Waals surface area contributed by atoms with Crippen LogP contribution in [0.2, 0.25) is 0 Å². The minimum atomic E-state index is -0.672. The molecule has 0 saturated carbocycles. The lowest BCUT2D eigenvalue weighted by Gasteiger charge is -2.29. The van der Waals surface area contributed by atoms with E-state index in [1.165, 1.54) is 28.7 Å². The van der Waals surface area contributed by atoms with Crippen molar-refractivity contribution in [1.29, 1.82) is 0 Å². The molecule has 0 aliphatic heterocycles. The number of hydrogen-bond donors (Lipinski definition) is 0. The van der Waals surface area contributed by atoms with E-state index in [4.69, 9.17) is 9.72 Å². The number of Topliss-reactive ketones (excluding diaryl/α,β-unsaturated/α-hetero) is 1. The highest BCUT2D eigenvalue weighted by Crippen LogP contribution is 2.46. The largest absolute Gasteiger partial charge is 0.360 e. The summed E-state index contributed by atoms with van der Waals surface area (Å²) < 4.78 is 8.46. The average Bonchev–Trinajstić information content (AvgIpc) is 3.33. The van der Waals surface area contributed by atoms with Gasteiger partial charge in [-0.05, 0) is 84.4 Å². The Morgan fingerprint density at radius 1 is 1.21 bits per heavy atom. The highest BCUT2D eigenvalue weighted by molar-refractivity contribution is 7.19. The number of thiophene rings is 1. The van der Waals surface area contributed by atoms with E-state index in [9.17, 15) is 4.79 Å². The Hall–Kier alpha value is -2.57. The smallest absolute Gasteiger partial charge is 0.163 e. The molecule has 4 aromatic heterocycles. The van der Waals surface area contributed by atoms with Gasteiger partial charge in [-0.15, -0.1) is 11.3 Å². The van der Waals surface area contributed by atoms with Crippen molar-refractivity contribution in [1.82, 2.24) is 14.4 Å². The Morgan fingerprint density at radius 2 is 1.97 bits per heavy atom. The maximum absolute atomic E-state index is 13.0. The summed E-state index contributed by atoms with van der Waals surface area (Å²) in [6.45, 7) is 11.8. The van der Waals surface area contributed by atoms with Gasteiger partial charge in [-0.2, -0.15) is 0 Å². The van der Waals surface area contributed by atoms with Crippen molar-refractivity contribution in [3.63, 3.8) is 0 Å². The van der Waals surface area contributed by atoms with E-state index in [2.05, 4.69) is 28.6 Å². The van der Waals surface area contributed by atoms with Gasteiger partial charge in [-0.25, -0.2) is 9.97 Å². The Labute approximate surface area is 198 Å². The molecule has 4 heterocycles. The first-order chi connectivity index (χ1) is 15.6. The monoisotopic (exact) mass is 461 g/mol. The number of nitrogens with zero attached hydrogens (tertiary/aromatic N) is 3. The quantitative estimate of drug-likeness (QED) is 0.346. The van der Waals surface area contributed by atoms with E-state index in [0.29, 0.717) is 0 Å². The van der Waals surface area contributed by atoms with Crippen LogP contribution in [-0.2, 0) is 22.4 Å². The summed E-state index contributed by atoms with van der Waals surface area (Å²) in [6.07, 6.45) is 9.85. The summed E-state index contributed by atoms with van der Waals surface area (Å²) in [5, 5.41) is 1.21. The number of aromatic nitrogens is 3. The Bertz CT molecular complexity index is 1390. The van der Waals surface area contributed by atoms with Gasteiger partial charge in [0.05, 0.1) is 5.60 Å². The van der Waals surface area contributed by atoms with Gasteiger partial charge in [0.2, 0.25) is 0 Å². The standard InChI is InChI=1S/C27H31N3O2S/c1-15-13-21-28-11-12-30(21)14-19(15)23-22(25(17(3)31)32-27(4,5)6)16(2)29-26-24(23)18-9-7-8-10-20(18)33-26/h11-14,25H,7-10H2,1-6H3. The van der Waals surface area contributed by atoms with E-state index in [-0.39, 0.29) is 5.78 Å². The zero-order valence-corrected chi connectivity index (χ0v) is 21.1. The first-order valence-electron chi connectivity index (χ1n) is 11.7. The summed E-state index contributed by atoms with van der Waals surface area (Å²) >= 11 is 1.82. The third-order valence-electron chi connectivity index (χ3n) is 6.44. The Kier molecular flexibility index (Phi) is 5.41. The number of fused-ring (bicyclic) bond motifs is 4. The summed E-state index contributed by atoms with van der Waals surface area (Å²) in [7, 11) is 0. The lowest BCUT2D eigenvalue weighted by molar-refractivity contribution is -0.138. The molecular weight excluding hydrogens is 430 g/mol. The maximum atomic E-state index is 13.0. The maximum Gasteiger partial charge on any atom is 0.163 e. The molecule has 172 valence electrons. The third-order valence-corrected chi connectivity index (χ3v) is 7.63. The Morgan fingerprint density at radius 3 is 2.70 bits per heavy atom. The minimum absolute atomic E-state index is 0.000819. The number of carbonyl (C=O) groups is 1. The van der Waals surface area contributed by atoms with Crippen molar-refractivity contribution in [3.8, 4) is 11.1 Å². The van der Waals surface area contributed by atoms with Crippen LogP contribution in [0.4, 0.5) is 0 Å². The van der Waals surface area contributed by atoms with Crippen LogP contribution in [0.15, 0.2) is 24.7 Å². The van der Waals surface area contributed by atoms with E-state index in [0.717, 1.165) is 51.3 Å². The van der Waals surface area contributed by atoms with Crippen molar-refractivity contribution in [2.45, 2.75) is 78.9 Å². The number of ether oxygens (including phenoxy) is 1. The highest BCUT2D eigenvalue weighted by Gasteiger charge is 2.32. The molecule has 5 nitrogen and oxygen atoms in total. The lowest BCUT2D eigenvalue weighted by atomic mass is 9.86. The number of imidazole rings is 1. The second-order valence-electron chi connectivity index (χ2n) is 10.2. The van der Waals surface area contributed by atoms with Gasteiger partial charge in [0.25, 0.3) is 0 Å². The van der Waals surface area contributed by atoms with Crippen molar-refractivity contribution in [2.24, 2.45) is 0 Å². The van der Waals surface area contributed by atoms with Crippen molar-refractivity contribution >= 4 is 33.0 Å². The fraction of sp³-hybridized carbons (Fsp3) is 0.444. The van der Waals surface area contributed by atoms with Gasteiger partial charge in [-0.3, -0.25) is 4.79 Å². The van der Waals surface area contributed by atoms with Gasteiger partial charge < -0.3 is 9.14 Å². The third kappa shape index (κ3) is 3.89. The SMILES string of the molecule is CC(=O)C(OC(C)(C)C)c1c(C)nc2sc3c(c2c1-c1cn2ccnc2cc1C)CCCC3. The summed E-state index contributed by atoms with van der Waals surface area (Å²) in [4.78, 5) is 25.0. The predicted molar refractivity (Wildman–Crippen MR) is 134 cm³/mol. The second-order valence-corrected chi connectivity index (χ2v) is 11.2. The van der Waals surface area contributed by atoms with Crippen LogP contribution in [0.5, 0.6) is 0 Å². The molecule has 0 amide bonds. The zero-order chi connectivity index (χ0) is 23.5. The number of rotatable bonds is 4. The van der Waals surface area contributed by atoms with Crippen LogP contribution in [0.3, 0.4) is 0 Å². The number of pyridine rings is 2. The van der Waals surface area contributed by atoms with Gasteiger partial charge >= 0.3 is 0 Å². The summed E-state index contributed by atoms with van der Waals surface area (Å²) in [6, 6.07) is 2.12. The Balaban J connectivity index is 1.91. The highest BCUT2D eigenvalue weighted by atomic mass is 32.1. The van der Waals surface area contributed by atoms with E-state index >= 15 is 0 Å². The summed E-state index contributed by atoms with van der Waals surface area (Å²) in [5.74, 6) is 0.000819. The van der Waals surface area contributed by atoms with Crippen LogP contribution in [0, 0.1) is 13.8 Å². The number of hydrogen-bond acceptors (Lipinski definition) is 5. The second kappa shape index (κ2) is 8.03. The molecule has 6 heteroatoms. The predicted octanol–water partition coefficient (Wildman–Crippen LogP) is 6.55. The first-order valence-corrected chi connectivity index (χ1v) is 12.5. The molecular formula is C27H31N3O2S. The van der Waals surface area contributed by atoms with Gasteiger partial charge in [0, 0.05) is 51.2 Å². The molecule has 0 aromatic carbocycles. The topological polar surface area (TPSA) is 56.5 Å². The normalized spacial score (nSPS) is 15.2. The fourth-order valence-electron chi connectivity index (χ4n) is 5.04. The molecule has 1 atom stereocenters. The molecule has 33 heavy (non-hydrogen) atoms. The molecule has 0 spiro atoms. The average molecular weight is 462 g/mol. The number of ketones is 1. The molecule has 0 fully saturated rings. The van der Waals surface area contributed by atoms with Crippen LogP contribution in [-0.4, -0.2) is 25.8 Å². The minimum Gasteiger partial charge on any atom is -0.360 e. The van der Waals surface area contributed by atoms with E-state index in [1.807, 2.05) is 51.4 Å². The molecule has 5 rings (SSSR count). The van der Waals surface area contributed by atoms with Gasteiger partial charge in [-0.1, -0.05) is 0 Å². The van der Waals surface area contributed by atoms with E-state index in [1.54, 1.807) is 6.92 Å². The summed E-state index contributed by atoms with van der Waals surface area (Å²) in [5.41, 5.74) is 6.98. The van der Waals surface area contributed by atoms with Crippen LogP contribution < -0.4 is 0 Å². The van der Waals surface area contributed by atoms with E-state index < -0.39 is 11.7 Å². The molecule has 1 aliphatic rings. The molecule has 0 radical (unpaired) electrons. The molecule has 0 N–H and O–H groups in total. The van der Waals surface area contributed by atoms with Gasteiger partial charge in [0.1, 0.15) is 16.6 Å². The lowest BCUT2D eigenvalue weighted by Crippen LogP contribution is -2.27. The zero-order valence-electron chi connectivity index (χ0n) is 20.3. The van der Waals surface area contributed by atoms with Crippen molar-refractivity contribution < 1.29 is 9.53 Å². The number of carbonyl (C=O) groups excluding carboxylic acids is 1. The van der Waals surface area contributed by atoms with Crippen LogP contribution >= 0.6 is 11.3 Å². The van der Waals surface area contributed by atoms with Crippen molar-refractivity contribution in [2.75, 3.05) is 0 Å². The fourth-order valence-corrected chi connectivity index (χ4v) is 6.35. The molecule has 0 bridgehead atoms. The number of aryl methyl sites for hydroxylation is 4. The van der Waals surface area contributed by atoms with Gasteiger partial charge in [0.15, 0.2) is 5.78 Å². The molecule has 4 aromatic rings. The van der Waals surface area contributed by atoms with Crippen LogP contribution in [0.25, 0.3) is 27.0 Å². The molecule has 1 unspecified atom stereocenters. The van der Waals surface area contributed by atoms with Crippen LogP contribution in [0.1, 0.15) is 73.9 Å². The molecule has 0 saturated heterocycles. The first kappa shape index (κ1) is 22.2.